The molecule has 1 aromatic carbocycles. The van der Waals surface area contributed by atoms with Crippen LogP contribution < -0.4 is 0 Å². The molecule has 0 unspecified atom stereocenters. The third-order valence-electron chi connectivity index (χ3n) is 2.16. The Morgan fingerprint density at radius 3 is 2.94 bits per heavy atom. The average molecular weight is 239 g/mol. The van der Waals surface area contributed by atoms with Crippen LogP contribution in [0.15, 0.2) is 30.3 Å². The van der Waals surface area contributed by atoms with Crippen LogP contribution in [-0.2, 0) is 11.2 Å². The van der Waals surface area contributed by atoms with Crippen LogP contribution in [0.25, 0.3) is 6.08 Å². The van der Waals surface area contributed by atoms with Gasteiger partial charge in [-0.1, -0.05) is 36.4 Å². The van der Waals surface area contributed by atoms with Gasteiger partial charge >= 0.3 is 5.97 Å². The van der Waals surface area contributed by atoms with Gasteiger partial charge in [0.2, 0.25) is 0 Å². The first-order valence-corrected chi connectivity index (χ1v) is 5.79. The maximum atomic E-state index is 10.4. The number of halogens is 1. The Morgan fingerprint density at radius 2 is 2.25 bits per heavy atom. The lowest BCUT2D eigenvalue weighted by Gasteiger charge is -2.00. The first-order valence-electron chi connectivity index (χ1n) is 5.25. The largest absolute Gasteiger partial charge is 0.481 e. The van der Waals surface area contributed by atoms with Crippen LogP contribution in [0.3, 0.4) is 0 Å². The molecule has 0 aliphatic carbocycles. The van der Waals surface area contributed by atoms with Gasteiger partial charge in [0.25, 0.3) is 0 Å². The fourth-order valence-corrected chi connectivity index (χ4v) is 1.51. The van der Waals surface area contributed by atoms with Gasteiger partial charge in [-0.15, -0.1) is 11.6 Å². The van der Waals surface area contributed by atoms with E-state index in [0.717, 1.165) is 17.5 Å². The number of carbonyl (C=O) groups is 1. The molecule has 1 rings (SSSR count). The second-order valence-corrected chi connectivity index (χ2v) is 3.90. The quantitative estimate of drug-likeness (QED) is 0.772. The van der Waals surface area contributed by atoms with Gasteiger partial charge in [-0.2, -0.15) is 0 Å². The molecule has 16 heavy (non-hydrogen) atoms. The minimum Gasteiger partial charge on any atom is -0.481 e. The molecule has 3 heteroatoms. The van der Waals surface area contributed by atoms with E-state index in [-0.39, 0.29) is 6.42 Å². The molecule has 1 N–H and O–H groups in total. The summed E-state index contributed by atoms with van der Waals surface area (Å²) in [5, 5.41) is 8.59. The van der Waals surface area contributed by atoms with E-state index in [0.29, 0.717) is 12.3 Å². The molecule has 0 bridgehead atoms. The third-order valence-corrected chi connectivity index (χ3v) is 2.38. The van der Waals surface area contributed by atoms with Gasteiger partial charge in [0.1, 0.15) is 0 Å². The second kappa shape index (κ2) is 7.07. The topological polar surface area (TPSA) is 37.3 Å². The summed E-state index contributed by atoms with van der Waals surface area (Å²) in [4.78, 5) is 10.4. The van der Waals surface area contributed by atoms with Crippen molar-refractivity contribution in [2.75, 3.05) is 5.88 Å². The van der Waals surface area contributed by atoms with E-state index in [1.807, 2.05) is 36.4 Å². The number of hydrogen-bond donors (Lipinski definition) is 1. The normalized spacial score (nSPS) is 10.8. The molecule has 0 radical (unpaired) electrons. The number of benzene rings is 1. The molecule has 0 saturated heterocycles. The van der Waals surface area contributed by atoms with Crippen LogP contribution in [0.4, 0.5) is 0 Å². The Hall–Kier alpha value is -1.28. The van der Waals surface area contributed by atoms with Gasteiger partial charge in [0, 0.05) is 12.3 Å². The van der Waals surface area contributed by atoms with Crippen LogP contribution in [0, 0.1) is 0 Å². The summed E-state index contributed by atoms with van der Waals surface area (Å²) in [6.07, 6.45) is 5.62. The Morgan fingerprint density at radius 1 is 1.44 bits per heavy atom. The zero-order valence-corrected chi connectivity index (χ0v) is 9.78. The summed E-state index contributed by atoms with van der Waals surface area (Å²) in [7, 11) is 0. The number of carboxylic acid groups (broad SMARTS) is 1. The van der Waals surface area contributed by atoms with Gasteiger partial charge < -0.3 is 5.11 Å². The van der Waals surface area contributed by atoms with Crippen LogP contribution in [-0.4, -0.2) is 17.0 Å². The maximum Gasteiger partial charge on any atom is 0.303 e. The molecule has 1 aromatic rings. The predicted octanol–water partition coefficient (Wildman–Crippen LogP) is 3.35. The van der Waals surface area contributed by atoms with Crippen molar-refractivity contribution >= 4 is 23.6 Å². The maximum absolute atomic E-state index is 10.4. The molecule has 0 amide bonds. The molecule has 0 saturated carbocycles. The molecule has 0 aliphatic rings. The first-order chi connectivity index (χ1) is 7.72. The van der Waals surface area contributed by atoms with Crippen LogP contribution in [0.1, 0.15) is 24.0 Å². The lowest BCUT2D eigenvalue weighted by molar-refractivity contribution is -0.136. The number of aryl methyl sites for hydroxylation is 1. The average Bonchev–Trinajstić information content (AvgIpc) is 2.27. The zero-order chi connectivity index (χ0) is 11.8. The Labute approximate surface area is 101 Å². The van der Waals surface area contributed by atoms with Gasteiger partial charge in [-0.25, -0.2) is 0 Å². The second-order valence-electron chi connectivity index (χ2n) is 3.52. The van der Waals surface area contributed by atoms with E-state index in [4.69, 9.17) is 16.7 Å². The number of hydrogen-bond acceptors (Lipinski definition) is 1. The van der Waals surface area contributed by atoms with Gasteiger partial charge in [-0.05, 0) is 24.0 Å². The summed E-state index contributed by atoms with van der Waals surface area (Å²) in [6, 6.07) is 7.89. The van der Waals surface area contributed by atoms with Crippen molar-refractivity contribution in [3.63, 3.8) is 0 Å². The molecule has 2 nitrogen and oxygen atoms in total. The van der Waals surface area contributed by atoms with Crippen molar-refractivity contribution in [2.45, 2.75) is 19.3 Å². The molecule has 0 aliphatic heterocycles. The van der Waals surface area contributed by atoms with E-state index in [2.05, 4.69) is 0 Å². The van der Waals surface area contributed by atoms with E-state index < -0.39 is 5.97 Å². The van der Waals surface area contributed by atoms with Gasteiger partial charge in [0.15, 0.2) is 0 Å². The highest BCUT2D eigenvalue weighted by Crippen LogP contribution is 2.09. The highest BCUT2D eigenvalue weighted by atomic mass is 35.5. The van der Waals surface area contributed by atoms with Crippen LogP contribution in [0.2, 0.25) is 0 Å². The van der Waals surface area contributed by atoms with Gasteiger partial charge in [0.05, 0.1) is 0 Å². The fraction of sp³-hybridized carbons (Fsp3) is 0.308. The highest BCUT2D eigenvalue weighted by molar-refractivity contribution is 6.17. The van der Waals surface area contributed by atoms with Crippen molar-refractivity contribution in [3.8, 4) is 0 Å². The number of allylic oxidation sites excluding steroid dienone is 1. The van der Waals surface area contributed by atoms with E-state index in [9.17, 15) is 4.79 Å². The Balaban J connectivity index is 2.60. The lowest BCUT2D eigenvalue weighted by Crippen LogP contribution is -1.97. The molecular weight excluding hydrogens is 224 g/mol. The summed E-state index contributed by atoms with van der Waals surface area (Å²) in [5.41, 5.74) is 2.14. The minimum atomic E-state index is -0.761. The highest BCUT2D eigenvalue weighted by Gasteiger charge is 1.99. The van der Waals surface area contributed by atoms with Crippen molar-refractivity contribution in [2.24, 2.45) is 0 Å². The van der Waals surface area contributed by atoms with Crippen LogP contribution in [0.5, 0.6) is 0 Å². The lowest BCUT2D eigenvalue weighted by atomic mass is 10.1. The summed E-state index contributed by atoms with van der Waals surface area (Å²) in [5.74, 6) is -0.141. The molecule has 0 fully saturated rings. The van der Waals surface area contributed by atoms with Gasteiger partial charge in [-0.3, -0.25) is 4.79 Å². The van der Waals surface area contributed by atoms with E-state index in [1.165, 1.54) is 0 Å². The van der Waals surface area contributed by atoms with Crippen molar-refractivity contribution in [1.82, 2.24) is 0 Å². The molecular formula is C13H15ClO2. The standard InChI is InChI=1S/C13H15ClO2/c14-9-2-1-4-11-5-3-6-12(10-11)7-8-13(15)16/h1,3-6,10H,2,7-9H2,(H,15,16). The van der Waals surface area contributed by atoms with Crippen molar-refractivity contribution in [3.05, 3.63) is 41.5 Å². The van der Waals surface area contributed by atoms with Crippen molar-refractivity contribution < 1.29 is 9.90 Å². The first kappa shape index (κ1) is 12.8. The minimum absolute atomic E-state index is 0.175. The number of alkyl halides is 1. The Bertz CT molecular complexity index is 372. The monoisotopic (exact) mass is 238 g/mol. The number of aliphatic carboxylic acids is 1. The summed E-state index contributed by atoms with van der Waals surface area (Å²) in [6.45, 7) is 0. The van der Waals surface area contributed by atoms with Crippen LogP contribution >= 0.6 is 11.6 Å². The number of carboxylic acids is 1. The smallest absolute Gasteiger partial charge is 0.303 e. The fourth-order valence-electron chi connectivity index (χ4n) is 1.39. The predicted molar refractivity (Wildman–Crippen MR) is 66.8 cm³/mol. The molecule has 0 heterocycles. The van der Waals surface area contributed by atoms with Crippen molar-refractivity contribution in [1.29, 1.82) is 0 Å². The summed E-state index contributed by atoms with van der Waals surface area (Å²) >= 11 is 5.57. The van der Waals surface area contributed by atoms with E-state index in [1.54, 1.807) is 0 Å². The SMILES string of the molecule is O=C(O)CCc1cccc(C=CCCCl)c1. The molecule has 0 spiro atoms. The number of rotatable bonds is 6. The molecule has 86 valence electrons. The Kier molecular flexibility index (Phi) is 5.65. The third kappa shape index (κ3) is 4.99. The summed E-state index contributed by atoms with van der Waals surface area (Å²) < 4.78 is 0. The molecule has 0 aromatic heterocycles. The molecule has 0 atom stereocenters. The van der Waals surface area contributed by atoms with E-state index >= 15 is 0 Å². The zero-order valence-electron chi connectivity index (χ0n) is 9.03.